The molecule has 0 aliphatic rings. The molecule has 0 unspecified atom stereocenters. The van der Waals surface area contributed by atoms with Gasteiger partial charge in [-0.15, -0.1) is 0 Å². The average molecular weight is 360 g/mol. The molecule has 3 N–H and O–H groups in total. The monoisotopic (exact) mass is 358 g/mol. The van der Waals surface area contributed by atoms with E-state index in [2.05, 4.69) is 0 Å². The van der Waals surface area contributed by atoms with E-state index >= 15 is 0 Å². The molecule has 0 aromatic heterocycles. The van der Waals surface area contributed by atoms with Crippen molar-refractivity contribution < 1.29 is 67.4 Å². The minimum absolute atomic E-state index is 0. The summed E-state index contributed by atoms with van der Waals surface area (Å²) >= 11 is 0. The average Bonchev–Trinajstić information content (AvgIpc) is 1.27. The summed E-state index contributed by atoms with van der Waals surface area (Å²) in [5.41, 5.74) is 0. The second kappa shape index (κ2) is 12.9. The molecule has 0 atom stereocenters. The Labute approximate surface area is 90.8 Å². The second-order valence-corrected chi connectivity index (χ2v) is 1.66. The molecule has 0 heterocycles. The van der Waals surface area contributed by atoms with E-state index in [0.717, 1.165) is 0 Å². The zero-order valence-electron chi connectivity index (χ0n) is 4.88. The third-order valence-electron chi connectivity index (χ3n) is 0. The Bertz CT molecular complexity index is 112. The van der Waals surface area contributed by atoms with Crippen molar-refractivity contribution in [1.29, 1.82) is 0 Å². The van der Waals surface area contributed by atoms with Gasteiger partial charge in [0.25, 0.3) is 0 Å². The summed E-state index contributed by atoms with van der Waals surface area (Å²) in [4.78, 5) is 0. The number of hydrogen-bond acceptors (Lipinski definition) is 3. The van der Waals surface area contributed by atoms with Crippen LogP contribution < -0.4 is 0 Å². The number of hydrogen-bond donors (Lipinski definition) is 3. The molecule has 0 aliphatic carbocycles. The molecular formula is C2H8Ag2O5S. The molecule has 0 aromatic carbocycles. The van der Waals surface area contributed by atoms with Gasteiger partial charge >= 0.3 is 10.4 Å². The Morgan fingerprint density at radius 3 is 1.20 bits per heavy atom. The second-order valence-electron chi connectivity index (χ2n) is 0.764. The first kappa shape index (κ1) is 22.5. The van der Waals surface area contributed by atoms with Crippen molar-refractivity contribution in [3.63, 3.8) is 0 Å². The van der Waals surface area contributed by atoms with Gasteiger partial charge in [-0.05, 0) is 6.92 Å². The zero-order valence-corrected chi connectivity index (χ0v) is 8.66. The Hall–Kier alpha value is 1.31. The number of aliphatic hydroxyl groups excluding tert-OH is 1. The molecule has 0 bridgehead atoms. The van der Waals surface area contributed by atoms with E-state index in [0.29, 0.717) is 0 Å². The smallest absolute Gasteiger partial charge is 0.394 e. The first-order chi connectivity index (χ1) is 3.41. The Balaban J connectivity index is -0.0000000326. The van der Waals surface area contributed by atoms with Crippen molar-refractivity contribution in [1.82, 2.24) is 0 Å². The van der Waals surface area contributed by atoms with Crippen molar-refractivity contribution in [3.8, 4) is 0 Å². The molecule has 0 aliphatic heterocycles. The summed E-state index contributed by atoms with van der Waals surface area (Å²) in [6, 6.07) is 0. The summed E-state index contributed by atoms with van der Waals surface area (Å²) in [5, 5.41) is 7.57. The van der Waals surface area contributed by atoms with Crippen LogP contribution in [0.5, 0.6) is 0 Å². The number of aliphatic hydroxyl groups is 1. The van der Waals surface area contributed by atoms with E-state index in [-0.39, 0.29) is 51.4 Å². The maximum absolute atomic E-state index is 8.74. The van der Waals surface area contributed by atoms with E-state index < -0.39 is 10.4 Å². The summed E-state index contributed by atoms with van der Waals surface area (Å²) in [5.74, 6) is 0. The Morgan fingerprint density at radius 2 is 1.20 bits per heavy atom. The SMILES string of the molecule is CCO.O=S(=O)(O)O.[Ag].[Ag]. The predicted octanol–water partition coefficient (Wildman–Crippen LogP) is -0.659. The van der Waals surface area contributed by atoms with E-state index in [1.54, 1.807) is 6.92 Å². The van der Waals surface area contributed by atoms with Crippen LogP contribution in [0.15, 0.2) is 0 Å². The van der Waals surface area contributed by atoms with Crippen LogP contribution in [0.25, 0.3) is 0 Å². The van der Waals surface area contributed by atoms with Gasteiger partial charge in [0, 0.05) is 51.4 Å². The molecule has 0 spiro atoms. The van der Waals surface area contributed by atoms with Gasteiger partial charge < -0.3 is 5.11 Å². The van der Waals surface area contributed by atoms with Gasteiger partial charge in [0.15, 0.2) is 0 Å². The van der Waals surface area contributed by atoms with Gasteiger partial charge in [-0.1, -0.05) is 0 Å². The molecule has 5 nitrogen and oxygen atoms in total. The minimum Gasteiger partial charge on any atom is -0.397 e. The minimum atomic E-state index is -4.67. The van der Waals surface area contributed by atoms with Gasteiger partial charge in [-0.25, -0.2) is 0 Å². The van der Waals surface area contributed by atoms with Gasteiger partial charge in [-0.3, -0.25) is 9.11 Å². The molecule has 2 radical (unpaired) electrons. The molecule has 10 heavy (non-hydrogen) atoms. The van der Waals surface area contributed by atoms with Crippen molar-refractivity contribution in [2.75, 3.05) is 6.61 Å². The largest absolute Gasteiger partial charge is 0.397 e. The van der Waals surface area contributed by atoms with Gasteiger partial charge in [-0.2, -0.15) is 8.42 Å². The fourth-order valence-corrected chi connectivity index (χ4v) is 0. The molecule has 0 saturated carbocycles. The maximum atomic E-state index is 8.74. The molecule has 8 heteroatoms. The van der Waals surface area contributed by atoms with Crippen LogP contribution in [0.1, 0.15) is 6.92 Å². The van der Waals surface area contributed by atoms with E-state index in [4.69, 9.17) is 22.6 Å². The Kier molecular flexibility index (Phi) is 29.1. The molecule has 0 fully saturated rings. The summed E-state index contributed by atoms with van der Waals surface area (Å²) < 4.78 is 31.6. The normalized spacial score (nSPS) is 7.60. The van der Waals surface area contributed by atoms with Crippen LogP contribution in [0.3, 0.4) is 0 Å². The summed E-state index contributed by atoms with van der Waals surface area (Å²) in [6.45, 7) is 1.93. The number of rotatable bonds is 0. The van der Waals surface area contributed by atoms with E-state index in [1.165, 1.54) is 0 Å². The first-order valence-corrected chi connectivity index (χ1v) is 3.12. The molecule has 74 valence electrons. The van der Waals surface area contributed by atoms with E-state index in [9.17, 15) is 0 Å². The summed E-state index contributed by atoms with van der Waals surface area (Å²) in [7, 11) is -4.67. The van der Waals surface area contributed by atoms with Gasteiger partial charge in [0.2, 0.25) is 0 Å². The van der Waals surface area contributed by atoms with Crippen molar-refractivity contribution >= 4 is 10.4 Å². The van der Waals surface area contributed by atoms with Crippen molar-refractivity contribution in [3.05, 3.63) is 0 Å². The van der Waals surface area contributed by atoms with Crippen LogP contribution in [0, 0.1) is 0 Å². The topological polar surface area (TPSA) is 94.8 Å². The van der Waals surface area contributed by atoms with Crippen LogP contribution in [-0.2, 0) is 55.2 Å². The van der Waals surface area contributed by atoms with Crippen LogP contribution >= 0.6 is 0 Å². The quantitative estimate of drug-likeness (QED) is 0.394. The van der Waals surface area contributed by atoms with Crippen LogP contribution in [-0.4, -0.2) is 29.2 Å². The van der Waals surface area contributed by atoms with Crippen molar-refractivity contribution in [2.24, 2.45) is 0 Å². The molecule has 0 amide bonds. The fraction of sp³-hybridized carbons (Fsp3) is 1.00. The summed E-state index contributed by atoms with van der Waals surface area (Å²) in [6.07, 6.45) is 0. The molecule has 0 saturated heterocycles. The van der Waals surface area contributed by atoms with Gasteiger partial charge in [0.1, 0.15) is 0 Å². The predicted molar refractivity (Wildman–Crippen MR) is 26.9 cm³/mol. The van der Waals surface area contributed by atoms with Crippen LogP contribution in [0.2, 0.25) is 0 Å². The standard InChI is InChI=1S/C2H6O.2Ag.H2O4S/c1-2-3;;;1-5(2,3)4/h3H,2H2,1H3;;;(H2,1,2,3,4). The maximum Gasteiger partial charge on any atom is 0.394 e. The third kappa shape index (κ3) is 374. The molecule has 0 rings (SSSR count). The first-order valence-electron chi connectivity index (χ1n) is 1.72. The van der Waals surface area contributed by atoms with Crippen LogP contribution in [0.4, 0.5) is 0 Å². The third-order valence-corrected chi connectivity index (χ3v) is 0. The van der Waals surface area contributed by atoms with Crippen molar-refractivity contribution in [2.45, 2.75) is 6.92 Å². The Morgan fingerprint density at radius 1 is 1.20 bits per heavy atom. The zero-order chi connectivity index (χ0) is 7.21. The fourth-order valence-electron chi connectivity index (χ4n) is 0. The molecule has 0 aromatic rings. The van der Waals surface area contributed by atoms with Gasteiger partial charge in [0.05, 0.1) is 0 Å². The molecular weight excluding hydrogens is 352 g/mol. The van der Waals surface area contributed by atoms with E-state index in [1.807, 2.05) is 0 Å².